The molecule has 7 heteroatoms. The standard InChI is InChI=1S/C20H25ClN2O4/c1-5-26-20(25)19-14(3)22-13(2)18(19)17(24)12-23(4)10-11-27-16-8-6-15(21)7-9-16/h6-9,22H,5,10-12H2,1-4H3. The van der Waals surface area contributed by atoms with Crippen LogP contribution in [-0.4, -0.2) is 55.0 Å². The van der Waals surface area contributed by atoms with Crippen LogP contribution in [0.4, 0.5) is 0 Å². The molecule has 0 fully saturated rings. The zero-order valence-electron chi connectivity index (χ0n) is 16.1. The molecule has 2 aromatic rings. The van der Waals surface area contributed by atoms with E-state index in [0.29, 0.717) is 40.7 Å². The lowest BCUT2D eigenvalue weighted by Gasteiger charge is -2.16. The first-order valence-electron chi connectivity index (χ1n) is 8.79. The monoisotopic (exact) mass is 392 g/mol. The number of benzene rings is 1. The number of aromatic nitrogens is 1. The number of carbonyl (C=O) groups excluding carboxylic acids is 2. The molecule has 0 aliphatic heterocycles. The summed E-state index contributed by atoms with van der Waals surface area (Å²) in [5.41, 5.74) is 2.04. The first-order chi connectivity index (χ1) is 12.8. The number of ether oxygens (including phenoxy) is 2. The zero-order valence-corrected chi connectivity index (χ0v) is 16.9. The van der Waals surface area contributed by atoms with Gasteiger partial charge in [0.05, 0.1) is 24.3 Å². The lowest BCUT2D eigenvalue weighted by atomic mass is 10.0. The summed E-state index contributed by atoms with van der Waals surface area (Å²) >= 11 is 5.84. The zero-order chi connectivity index (χ0) is 20.0. The summed E-state index contributed by atoms with van der Waals surface area (Å²) < 4.78 is 10.7. The SMILES string of the molecule is CCOC(=O)c1c(C)[nH]c(C)c1C(=O)CN(C)CCOc1ccc(Cl)cc1. The van der Waals surface area contributed by atoms with Crippen LogP contribution in [0, 0.1) is 13.8 Å². The predicted molar refractivity (Wildman–Crippen MR) is 105 cm³/mol. The number of ketones is 1. The third kappa shape index (κ3) is 5.58. The van der Waals surface area contributed by atoms with Crippen molar-refractivity contribution in [2.45, 2.75) is 20.8 Å². The Morgan fingerprint density at radius 3 is 2.37 bits per heavy atom. The highest BCUT2D eigenvalue weighted by atomic mass is 35.5. The Kier molecular flexibility index (Phi) is 7.45. The Balaban J connectivity index is 1.96. The van der Waals surface area contributed by atoms with E-state index in [9.17, 15) is 9.59 Å². The Labute approximate surface area is 164 Å². The summed E-state index contributed by atoms with van der Waals surface area (Å²) in [4.78, 5) is 29.9. The molecule has 27 heavy (non-hydrogen) atoms. The largest absolute Gasteiger partial charge is 0.492 e. The number of aryl methyl sites for hydroxylation is 2. The molecule has 0 amide bonds. The van der Waals surface area contributed by atoms with Gasteiger partial charge in [0.25, 0.3) is 0 Å². The Hall–Kier alpha value is -2.31. The molecule has 0 aliphatic rings. The summed E-state index contributed by atoms with van der Waals surface area (Å²) in [5.74, 6) is 0.117. The number of nitrogens with one attached hydrogen (secondary N) is 1. The molecule has 0 saturated heterocycles. The molecule has 0 spiro atoms. The molecule has 1 N–H and O–H groups in total. The molecule has 0 bridgehead atoms. The number of aromatic amines is 1. The van der Waals surface area contributed by atoms with Crippen molar-refractivity contribution in [2.24, 2.45) is 0 Å². The van der Waals surface area contributed by atoms with E-state index in [-0.39, 0.29) is 18.9 Å². The smallest absolute Gasteiger partial charge is 0.340 e. The molecular formula is C20H25ClN2O4. The number of esters is 1. The second-order valence-electron chi connectivity index (χ2n) is 6.31. The summed E-state index contributed by atoms with van der Waals surface area (Å²) in [6.07, 6.45) is 0. The lowest BCUT2D eigenvalue weighted by molar-refractivity contribution is 0.0522. The number of hydrogen-bond donors (Lipinski definition) is 1. The van der Waals surface area contributed by atoms with Crippen LogP contribution < -0.4 is 4.74 Å². The average Bonchev–Trinajstić information content (AvgIpc) is 2.91. The van der Waals surface area contributed by atoms with Gasteiger partial charge in [-0.05, 0) is 52.1 Å². The van der Waals surface area contributed by atoms with E-state index in [1.807, 2.05) is 11.9 Å². The number of likely N-dealkylation sites (N-methyl/N-ethyl adjacent to an activating group) is 1. The van der Waals surface area contributed by atoms with Gasteiger partial charge in [-0.3, -0.25) is 9.69 Å². The highest BCUT2D eigenvalue weighted by molar-refractivity contribution is 6.30. The van der Waals surface area contributed by atoms with Gasteiger partial charge >= 0.3 is 5.97 Å². The molecule has 6 nitrogen and oxygen atoms in total. The van der Waals surface area contributed by atoms with Gasteiger partial charge in [-0.15, -0.1) is 0 Å². The van der Waals surface area contributed by atoms with Gasteiger partial charge in [-0.2, -0.15) is 0 Å². The van der Waals surface area contributed by atoms with E-state index in [0.717, 1.165) is 5.75 Å². The predicted octanol–water partition coefficient (Wildman–Crippen LogP) is 3.66. The van der Waals surface area contributed by atoms with Crippen molar-refractivity contribution < 1.29 is 19.1 Å². The molecular weight excluding hydrogens is 368 g/mol. The second-order valence-corrected chi connectivity index (χ2v) is 6.75. The van der Waals surface area contributed by atoms with Crippen LogP contribution in [0.1, 0.15) is 39.0 Å². The molecule has 0 saturated carbocycles. The molecule has 2 rings (SSSR count). The first kappa shape index (κ1) is 21.0. The van der Waals surface area contributed by atoms with E-state index in [2.05, 4.69) is 4.98 Å². The van der Waals surface area contributed by atoms with Crippen molar-refractivity contribution in [2.75, 3.05) is 33.4 Å². The van der Waals surface area contributed by atoms with Crippen LogP contribution in [0.3, 0.4) is 0 Å². The summed E-state index contributed by atoms with van der Waals surface area (Å²) in [7, 11) is 1.84. The molecule has 1 aromatic carbocycles. The first-order valence-corrected chi connectivity index (χ1v) is 9.17. The number of carbonyl (C=O) groups is 2. The summed E-state index contributed by atoms with van der Waals surface area (Å²) in [5, 5.41) is 0.652. The highest BCUT2D eigenvalue weighted by Gasteiger charge is 2.25. The van der Waals surface area contributed by atoms with Gasteiger partial charge in [0.1, 0.15) is 12.4 Å². The molecule has 0 radical (unpaired) electrons. The summed E-state index contributed by atoms with van der Waals surface area (Å²) in [6, 6.07) is 7.12. The topological polar surface area (TPSA) is 71.6 Å². The van der Waals surface area contributed by atoms with Gasteiger partial charge in [0, 0.05) is 23.0 Å². The van der Waals surface area contributed by atoms with E-state index in [1.165, 1.54) is 0 Å². The van der Waals surface area contributed by atoms with Crippen molar-refractivity contribution >= 4 is 23.4 Å². The van der Waals surface area contributed by atoms with Crippen molar-refractivity contribution in [3.05, 3.63) is 51.8 Å². The Bertz CT molecular complexity index is 799. The fourth-order valence-corrected chi connectivity index (χ4v) is 2.97. The maximum Gasteiger partial charge on any atom is 0.340 e. The van der Waals surface area contributed by atoms with Gasteiger partial charge in [0.2, 0.25) is 0 Å². The Morgan fingerprint density at radius 2 is 1.74 bits per heavy atom. The van der Waals surface area contributed by atoms with Gasteiger partial charge in [-0.1, -0.05) is 11.6 Å². The average molecular weight is 393 g/mol. The third-order valence-corrected chi connectivity index (χ3v) is 4.35. The third-order valence-electron chi connectivity index (χ3n) is 4.10. The molecule has 0 atom stereocenters. The molecule has 1 heterocycles. The normalized spacial score (nSPS) is 10.9. The second kappa shape index (κ2) is 9.58. The van der Waals surface area contributed by atoms with Crippen LogP contribution in [0.25, 0.3) is 0 Å². The van der Waals surface area contributed by atoms with Gasteiger partial charge < -0.3 is 14.5 Å². The van der Waals surface area contributed by atoms with E-state index < -0.39 is 5.97 Å². The highest BCUT2D eigenvalue weighted by Crippen LogP contribution is 2.20. The minimum absolute atomic E-state index is 0.131. The minimum Gasteiger partial charge on any atom is -0.492 e. The van der Waals surface area contributed by atoms with Crippen molar-refractivity contribution in [1.29, 1.82) is 0 Å². The molecule has 1 aromatic heterocycles. The van der Waals surface area contributed by atoms with Crippen LogP contribution >= 0.6 is 11.6 Å². The number of hydrogen-bond acceptors (Lipinski definition) is 5. The van der Waals surface area contributed by atoms with E-state index in [1.54, 1.807) is 45.0 Å². The number of halogens is 1. The van der Waals surface area contributed by atoms with Crippen molar-refractivity contribution in [1.82, 2.24) is 9.88 Å². The Morgan fingerprint density at radius 1 is 1.11 bits per heavy atom. The lowest BCUT2D eigenvalue weighted by Crippen LogP contribution is -2.30. The number of rotatable bonds is 9. The maximum atomic E-state index is 12.8. The maximum absolute atomic E-state index is 12.8. The quantitative estimate of drug-likeness (QED) is 0.521. The van der Waals surface area contributed by atoms with Crippen LogP contribution in [0.15, 0.2) is 24.3 Å². The number of nitrogens with zero attached hydrogens (tertiary/aromatic N) is 1. The van der Waals surface area contributed by atoms with Crippen LogP contribution in [-0.2, 0) is 4.74 Å². The van der Waals surface area contributed by atoms with Crippen molar-refractivity contribution in [3.8, 4) is 5.75 Å². The molecule has 0 aliphatic carbocycles. The summed E-state index contributed by atoms with van der Waals surface area (Å²) in [6.45, 7) is 6.72. The molecule has 146 valence electrons. The van der Waals surface area contributed by atoms with Crippen LogP contribution in [0.2, 0.25) is 5.02 Å². The van der Waals surface area contributed by atoms with Gasteiger partial charge in [-0.25, -0.2) is 4.79 Å². The minimum atomic E-state index is -0.476. The number of Topliss-reactive ketones (excluding diaryl/α,β-unsaturated/α-hetero) is 1. The van der Waals surface area contributed by atoms with E-state index in [4.69, 9.17) is 21.1 Å². The van der Waals surface area contributed by atoms with E-state index >= 15 is 0 Å². The van der Waals surface area contributed by atoms with Crippen LogP contribution in [0.5, 0.6) is 5.75 Å². The fourth-order valence-electron chi connectivity index (χ4n) is 2.84. The van der Waals surface area contributed by atoms with Gasteiger partial charge in [0.15, 0.2) is 5.78 Å². The fraction of sp³-hybridized carbons (Fsp3) is 0.400. The van der Waals surface area contributed by atoms with Crippen molar-refractivity contribution in [3.63, 3.8) is 0 Å². The molecule has 0 unspecified atom stereocenters. The number of H-pyrrole nitrogens is 1.